The second-order valence-electron chi connectivity index (χ2n) is 4.51. The minimum atomic E-state index is -0.0659. The van der Waals surface area contributed by atoms with E-state index in [0.29, 0.717) is 26.1 Å². The SMILES string of the molecule is CN(CC(=O)NCCC#N)Cc1nc2ccccc2s1. The molecular formula is C14H16N4OS. The third-order valence-corrected chi connectivity index (χ3v) is 3.74. The number of nitrogens with one attached hydrogen (secondary N) is 1. The zero-order valence-corrected chi connectivity index (χ0v) is 12.1. The van der Waals surface area contributed by atoms with Crippen molar-refractivity contribution in [3.63, 3.8) is 0 Å². The second kappa shape index (κ2) is 6.98. The molecule has 0 unspecified atom stereocenters. The Balaban J connectivity index is 1.86. The van der Waals surface area contributed by atoms with Gasteiger partial charge in [0.15, 0.2) is 0 Å². The fourth-order valence-electron chi connectivity index (χ4n) is 1.83. The van der Waals surface area contributed by atoms with Gasteiger partial charge < -0.3 is 5.32 Å². The van der Waals surface area contributed by atoms with Gasteiger partial charge in [0.1, 0.15) is 5.01 Å². The van der Waals surface area contributed by atoms with Crippen LogP contribution in [0.5, 0.6) is 0 Å². The van der Waals surface area contributed by atoms with Crippen molar-refractivity contribution in [1.29, 1.82) is 5.26 Å². The highest BCUT2D eigenvalue weighted by Gasteiger charge is 2.09. The molecule has 1 heterocycles. The Labute approximate surface area is 121 Å². The number of likely N-dealkylation sites (N-methyl/N-ethyl adjacent to an activating group) is 1. The Morgan fingerprint density at radius 3 is 3.05 bits per heavy atom. The largest absolute Gasteiger partial charge is 0.354 e. The van der Waals surface area contributed by atoms with Gasteiger partial charge in [-0.05, 0) is 19.2 Å². The van der Waals surface area contributed by atoms with Crippen LogP contribution in [0.2, 0.25) is 0 Å². The highest BCUT2D eigenvalue weighted by molar-refractivity contribution is 7.18. The highest BCUT2D eigenvalue weighted by Crippen LogP contribution is 2.22. The molecule has 0 atom stereocenters. The number of amides is 1. The van der Waals surface area contributed by atoms with Crippen molar-refractivity contribution in [3.05, 3.63) is 29.3 Å². The van der Waals surface area contributed by atoms with Gasteiger partial charge in [-0.1, -0.05) is 12.1 Å². The number of fused-ring (bicyclic) bond motifs is 1. The quantitative estimate of drug-likeness (QED) is 0.822. The topological polar surface area (TPSA) is 69.0 Å². The summed E-state index contributed by atoms with van der Waals surface area (Å²) >= 11 is 1.65. The number of carbonyl (C=O) groups is 1. The van der Waals surface area contributed by atoms with E-state index in [2.05, 4.69) is 10.3 Å². The first-order valence-electron chi connectivity index (χ1n) is 6.35. The highest BCUT2D eigenvalue weighted by atomic mass is 32.1. The monoisotopic (exact) mass is 288 g/mol. The average molecular weight is 288 g/mol. The van der Waals surface area contributed by atoms with Gasteiger partial charge in [0.2, 0.25) is 5.91 Å². The predicted molar refractivity (Wildman–Crippen MR) is 79.2 cm³/mol. The molecule has 6 heteroatoms. The standard InChI is InChI=1S/C14H16N4OS/c1-18(9-13(19)16-8-4-7-15)10-14-17-11-5-2-3-6-12(11)20-14/h2-3,5-6H,4,8-10H2,1H3,(H,16,19). The molecule has 0 aliphatic rings. The van der Waals surface area contributed by atoms with E-state index in [0.717, 1.165) is 15.2 Å². The van der Waals surface area contributed by atoms with Crippen LogP contribution in [0, 0.1) is 11.3 Å². The first-order chi connectivity index (χ1) is 9.69. The number of hydrogen-bond donors (Lipinski definition) is 1. The third-order valence-electron chi connectivity index (χ3n) is 2.72. The van der Waals surface area contributed by atoms with Crippen LogP contribution < -0.4 is 5.32 Å². The molecule has 0 aliphatic carbocycles. The van der Waals surface area contributed by atoms with E-state index in [1.165, 1.54) is 0 Å². The zero-order valence-electron chi connectivity index (χ0n) is 11.3. The number of rotatable bonds is 6. The summed E-state index contributed by atoms with van der Waals surface area (Å²) in [5, 5.41) is 12.1. The van der Waals surface area contributed by atoms with Crippen LogP contribution in [-0.4, -0.2) is 35.9 Å². The van der Waals surface area contributed by atoms with E-state index in [9.17, 15) is 4.79 Å². The van der Waals surface area contributed by atoms with E-state index < -0.39 is 0 Å². The summed E-state index contributed by atoms with van der Waals surface area (Å²) in [7, 11) is 1.88. The lowest BCUT2D eigenvalue weighted by molar-refractivity contribution is -0.122. The summed E-state index contributed by atoms with van der Waals surface area (Å²) in [6.07, 6.45) is 0.341. The van der Waals surface area contributed by atoms with E-state index >= 15 is 0 Å². The number of aromatic nitrogens is 1. The number of nitrogens with zero attached hydrogens (tertiary/aromatic N) is 3. The van der Waals surface area contributed by atoms with Crippen LogP contribution in [0.15, 0.2) is 24.3 Å². The lowest BCUT2D eigenvalue weighted by atomic mass is 10.3. The smallest absolute Gasteiger partial charge is 0.234 e. The summed E-state index contributed by atoms with van der Waals surface area (Å²) < 4.78 is 1.16. The maximum absolute atomic E-state index is 11.6. The molecule has 0 aliphatic heterocycles. The number of thiazole rings is 1. The zero-order chi connectivity index (χ0) is 14.4. The maximum Gasteiger partial charge on any atom is 0.234 e. The van der Waals surface area contributed by atoms with Crippen LogP contribution in [0.3, 0.4) is 0 Å². The summed E-state index contributed by atoms with van der Waals surface area (Å²) in [4.78, 5) is 18.1. The van der Waals surface area contributed by atoms with Gasteiger partial charge >= 0.3 is 0 Å². The van der Waals surface area contributed by atoms with E-state index in [4.69, 9.17) is 5.26 Å². The van der Waals surface area contributed by atoms with Crippen LogP contribution in [0.1, 0.15) is 11.4 Å². The molecule has 0 radical (unpaired) electrons. The molecule has 0 bridgehead atoms. The number of carbonyl (C=O) groups excluding carboxylic acids is 1. The van der Waals surface area contributed by atoms with Crippen molar-refractivity contribution in [2.75, 3.05) is 20.1 Å². The van der Waals surface area contributed by atoms with E-state index in [1.807, 2.05) is 42.3 Å². The molecule has 0 spiro atoms. The minimum Gasteiger partial charge on any atom is -0.354 e. The molecule has 1 aromatic heterocycles. The lowest BCUT2D eigenvalue weighted by Crippen LogP contribution is -2.35. The second-order valence-corrected chi connectivity index (χ2v) is 5.62. The van der Waals surface area contributed by atoms with Crippen molar-refractivity contribution in [1.82, 2.24) is 15.2 Å². The molecule has 104 valence electrons. The fourth-order valence-corrected chi connectivity index (χ4v) is 2.88. The van der Waals surface area contributed by atoms with Crippen LogP contribution in [-0.2, 0) is 11.3 Å². The number of hydrogen-bond acceptors (Lipinski definition) is 5. The molecule has 2 rings (SSSR count). The van der Waals surface area contributed by atoms with Gasteiger partial charge in [-0.3, -0.25) is 9.69 Å². The first-order valence-corrected chi connectivity index (χ1v) is 7.17. The summed E-state index contributed by atoms with van der Waals surface area (Å²) in [5.41, 5.74) is 0.999. The van der Waals surface area contributed by atoms with Gasteiger partial charge in [0, 0.05) is 6.54 Å². The van der Waals surface area contributed by atoms with Crippen molar-refractivity contribution in [3.8, 4) is 6.07 Å². The first kappa shape index (κ1) is 14.4. The fraction of sp³-hybridized carbons (Fsp3) is 0.357. The molecule has 0 saturated heterocycles. The average Bonchev–Trinajstić information content (AvgIpc) is 2.80. The van der Waals surface area contributed by atoms with Gasteiger partial charge in [-0.25, -0.2) is 4.98 Å². The number of nitriles is 1. The lowest BCUT2D eigenvalue weighted by Gasteiger charge is -2.14. The van der Waals surface area contributed by atoms with Crippen LogP contribution >= 0.6 is 11.3 Å². The van der Waals surface area contributed by atoms with Crippen molar-refractivity contribution in [2.24, 2.45) is 0 Å². The molecule has 0 fully saturated rings. The third kappa shape index (κ3) is 4.02. The molecule has 0 saturated carbocycles. The van der Waals surface area contributed by atoms with E-state index in [-0.39, 0.29) is 5.91 Å². The molecule has 20 heavy (non-hydrogen) atoms. The molecule has 1 amide bonds. The van der Waals surface area contributed by atoms with Crippen molar-refractivity contribution in [2.45, 2.75) is 13.0 Å². The molecule has 1 N–H and O–H groups in total. The van der Waals surface area contributed by atoms with Gasteiger partial charge in [0.05, 0.1) is 35.8 Å². The van der Waals surface area contributed by atoms with Crippen LogP contribution in [0.25, 0.3) is 10.2 Å². The van der Waals surface area contributed by atoms with Crippen molar-refractivity contribution >= 4 is 27.5 Å². The number of benzene rings is 1. The normalized spacial score (nSPS) is 10.7. The summed E-state index contributed by atoms with van der Waals surface area (Å²) in [6.45, 7) is 1.36. The molecule has 2 aromatic rings. The van der Waals surface area contributed by atoms with Crippen molar-refractivity contribution < 1.29 is 4.79 Å². The maximum atomic E-state index is 11.6. The van der Waals surface area contributed by atoms with Crippen LogP contribution in [0.4, 0.5) is 0 Å². The molecule has 5 nitrogen and oxygen atoms in total. The van der Waals surface area contributed by atoms with E-state index in [1.54, 1.807) is 11.3 Å². The Kier molecular flexibility index (Phi) is 5.04. The molecular weight excluding hydrogens is 272 g/mol. The predicted octanol–water partition coefficient (Wildman–Crippen LogP) is 1.76. The minimum absolute atomic E-state index is 0.0659. The molecule has 1 aromatic carbocycles. The van der Waals surface area contributed by atoms with Gasteiger partial charge in [0.25, 0.3) is 0 Å². The Morgan fingerprint density at radius 2 is 2.30 bits per heavy atom. The van der Waals surface area contributed by atoms with Gasteiger partial charge in [-0.2, -0.15) is 5.26 Å². The Bertz CT molecular complexity index is 598. The Morgan fingerprint density at radius 1 is 1.50 bits per heavy atom. The number of para-hydroxylation sites is 1. The Hall–Kier alpha value is -1.97. The van der Waals surface area contributed by atoms with Gasteiger partial charge in [-0.15, -0.1) is 11.3 Å². The summed E-state index contributed by atoms with van der Waals surface area (Å²) in [5.74, 6) is -0.0659. The summed E-state index contributed by atoms with van der Waals surface area (Å²) in [6, 6.07) is 10.00.